The molecule has 0 saturated heterocycles. The third-order valence-corrected chi connectivity index (χ3v) is 2.69. The van der Waals surface area contributed by atoms with Gasteiger partial charge in [0.15, 0.2) is 5.69 Å². The van der Waals surface area contributed by atoms with Crippen molar-refractivity contribution in [2.24, 2.45) is 0 Å². The summed E-state index contributed by atoms with van der Waals surface area (Å²) in [6.07, 6.45) is 0. The van der Waals surface area contributed by atoms with E-state index in [2.05, 4.69) is 4.98 Å². The second-order valence-corrected chi connectivity index (χ2v) is 4.01. The van der Waals surface area contributed by atoms with Gasteiger partial charge in [-0.3, -0.25) is 0 Å². The second kappa shape index (κ2) is 4.54. The zero-order valence-corrected chi connectivity index (χ0v) is 9.85. The minimum Gasteiger partial charge on any atom is -0.508 e. The van der Waals surface area contributed by atoms with Crippen LogP contribution in [0.15, 0.2) is 30.3 Å². The molecule has 0 unspecified atom stereocenters. The minimum absolute atomic E-state index is 0.0115. The molecule has 0 atom stereocenters. The molecule has 0 fully saturated rings. The molecule has 5 nitrogen and oxygen atoms in total. The zero-order chi connectivity index (χ0) is 13.3. The Morgan fingerprint density at radius 3 is 2.61 bits per heavy atom. The van der Waals surface area contributed by atoms with E-state index < -0.39 is 5.97 Å². The molecule has 0 aliphatic heterocycles. The highest BCUT2D eigenvalue weighted by Crippen LogP contribution is 2.33. The number of aromatic hydroxyl groups is 1. The predicted octanol–water partition coefficient (Wildman–Crippen LogP) is 2.39. The molecule has 1 heterocycles. The second-order valence-electron chi connectivity index (χ2n) is 3.60. The zero-order valence-electron chi connectivity index (χ0n) is 9.09. The molecule has 0 bridgehead atoms. The summed E-state index contributed by atoms with van der Waals surface area (Å²) >= 11 is 5.98. The molecule has 0 saturated carbocycles. The van der Waals surface area contributed by atoms with Crippen LogP contribution in [0.25, 0.3) is 11.1 Å². The van der Waals surface area contributed by atoms with E-state index in [0.717, 1.165) is 0 Å². The number of hydrogen-bond acceptors (Lipinski definition) is 4. The fourth-order valence-corrected chi connectivity index (χ4v) is 1.79. The van der Waals surface area contributed by atoms with E-state index in [-0.39, 0.29) is 17.3 Å². The molecule has 1 aromatic heterocycles. The molecular formula is C12H9ClN2O3. The average Bonchev–Trinajstić information content (AvgIpc) is 2.32. The monoisotopic (exact) mass is 264 g/mol. The molecule has 0 aliphatic rings. The van der Waals surface area contributed by atoms with Crippen molar-refractivity contribution >= 4 is 23.4 Å². The maximum atomic E-state index is 11.1. The number of aromatic carboxylic acids is 1. The lowest BCUT2D eigenvalue weighted by atomic mass is 10.0. The number of pyridine rings is 1. The number of nitrogens with two attached hydrogens (primary N) is 1. The van der Waals surface area contributed by atoms with E-state index in [1.807, 2.05) is 0 Å². The van der Waals surface area contributed by atoms with Crippen LogP contribution in [0.5, 0.6) is 5.75 Å². The van der Waals surface area contributed by atoms with Crippen molar-refractivity contribution in [3.05, 3.63) is 41.0 Å². The van der Waals surface area contributed by atoms with Gasteiger partial charge in [0, 0.05) is 16.1 Å². The summed E-state index contributed by atoms with van der Waals surface area (Å²) in [5.41, 5.74) is 5.94. The first-order valence-electron chi connectivity index (χ1n) is 4.97. The maximum Gasteiger partial charge on any atom is 0.355 e. The summed E-state index contributed by atoms with van der Waals surface area (Å²) in [5, 5.41) is 18.8. The normalized spacial score (nSPS) is 10.3. The quantitative estimate of drug-likeness (QED) is 0.774. The van der Waals surface area contributed by atoms with Gasteiger partial charge in [-0.15, -0.1) is 0 Å². The largest absolute Gasteiger partial charge is 0.508 e. The van der Waals surface area contributed by atoms with Crippen LogP contribution in [0.2, 0.25) is 5.02 Å². The molecule has 18 heavy (non-hydrogen) atoms. The summed E-state index contributed by atoms with van der Waals surface area (Å²) in [4.78, 5) is 14.9. The Kier molecular flexibility index (Phi) is 3.08. The van der Waals surface area contributed by atoms with Crippen molar-refractivity contribution in [2.45, 2.75) is 0 Å². The third-order valence-electron chi connectivity index (χ3n) is 2.36. The highest BCUT2D eigenvalue weighted by molar-refractivity contribution is 6.33. The lowest BCUT2D eigenvalue weighted by Crippen LogP contribution is -2.05. The van der Waals surface area contributed by atoms with Gasteiger partial charge in [-0.25, -0.2) is 9.78 Å². The van der Waals surface area contributed by atoms with Gasteiger partial charge >= 0.3 is 5.97 Å². The average molecular weight is 265 g/mol. The van der Waals surface area contributed by atoms with Crippen LogP contribution in [0.4, 0.5) is 5.82 Å². The van der Waals surface area contributed by atoms with E-state index in [1.165, 1.54) is 30.3 Å². The van der Waals surface area contributed by atoms with Gasteiger partial charge in [0.2, 0.25) is 0 Å². The van der Waals surface area contributed by atoms with E-state index in [0.29, 0.717) is 16.1 Å². The molecule has 0 amide bonds. The van der Waals surface area contributed by atoms with Crippen LogP contribution in [0.1, 0.15) is 10.5 Å². The highest BCUT2D eigenvalue weighted by atomic mass is 35.5. The summed E-state index contributed by atoms with van der Waals surface area (Å²) in [5.74, 6) is -1.12. The number of nitrogen functional groups attached to an aromatic ring is 1. The topological polar surface area (TPSA) is 96.4 Å². The summed E-state index contributed by atoms with van der Waals surface area (Å²) in [6, 6.07) is 7.25. The molecule has 0 aliphatic carbocycles. The van der Waals surface area contributed by atoms with Crippen LogP contribution in [-0.2, 0) is 0 Å². The Bertz CT molecular complexity index is 629. The van der Waals surface area contributed by atoms with Crippen LogP contribution >= 0.6 is 11.6 Å². The highest BCUT2D eigenvalue weighted by Gasteiger charge is 2.16. The van der Waals surface area contributed by atoms with E-state index >= 15 is 0 Å². The van der Waals surface area contributed by atoms with Crippen molar-refractivity contribution in [1.29, 1.82) is 0 Å². The number of nitrogens with zero attached hydrogens (tertiary/aromatic N) is 1. The first kappa shape index (κ1) is 12.2. The van der Waals surface area contributed by atoms with Crippen LogP contribution in [0.3, 0.4) is 0 Å². The Morgan fingerprint density at radius 2 is 1.94 bits per heavy atom. The number of carboxylic acid groups (broad SMARTS) is 1. The Balaban J connectivity index is 2.70. The number of carboxylic acids is 1. The van der Waals surface area contributed by atoms with Crippen molar-refractivity contribution in [3.8, 4) is 16.9 Å². The molecular weight excluding hydrogens is 256 g/mol. The van der Waals surface area contributed by atoms with Crippen LogP contribution in [0, 0.1) is 0 Å². The van der Waals surface area contributed by atoms with Gasteiger partial charge in [0.1, 0.15) is 11.6 Å². The van der Waals surface area contributed by atoms with Crippen LogP contribution in [-0.4, -0.2) is 21.2 Å². The number of anilines is 1. The Hall–Kier alpha value is -2.27. The third kappa shape index (κ3) is 2.21. The van der Waals surface area contributed by atoms with Crippen molar-refractivity contribution in [1.82, 2.24) is 4.98 Å². The molecule has 2 rings (SSSR count). The van der Waals surface area contributed by atoms with Crippen molar-refractivity contribution in [3.63, 3.8) is 0 Å². The lowest BCUT2D eigenvalue weighted by Gasteiger charge is -2.08. The summed E-state index contributed by atoms with van der Waals surface area (Å²) in [7, 11) is 0. The first-order valence-corrected chi connectivity index (χ1v) is 5.35. The minimum atomic E-state index is -1.21. The fraction of sp³-hybridized carbons (Fsp3) is 0. The Labute approximate surface area is 107 Å². The van der Waals surface area contributed by atoms with Gasteiger partial charge in [-0.2, -0.15) is 0 Å². The maximum absolute atomic E-state index is 11.1. The number of rotatable bonds is 2. The SMILES string of the molecule is Nc1ccc(-c2cc(O)ccc2Cl)c(C(=O)O)n1. The van der Waals surface area contributed by atoms with E-state index in [4.69, 9.17) is 22.4 Å². The lowest BCUT2D eigenvalue weighted by molar-refractivity contribution is 0.0691. The van der Waals surface area contributed by atoms with E-state index in [9.17, 15) is 9.90 Å². The van der Waals surface area contributed by atoms with Gasteiger partial charge < -0.3 is 15.9 Å². The predicted molar refractivity (Wildman–Crippen MR) is 67.7 cm³/mol. The molecule has 4 N–H and O–H groups in total. The summed E-state index contributed by atoms with van der Waals surface area (Å²) < 4.78 is 0. The number of phenolic OH excluding ortho intramolecular Hbond substituents is 1. The number of halogens is 1. The molecule has 6 heteroatoms. The van der Waals surface area contributed by atoms with Gasteiger partial charge in [-0.1, -0.05) is 11.6 Å². The van der Waals surface area contributed by atoms with Gasteiger partial charge in [0.05, 0.1) is 0 Å². The van der Waals surface area contributed by atoms with Gasteiger partial charge in [0.25, 0.3) is 0 Å². The molecule has 0 spiro atoms. The standard InChI is InChI=1S/C12H9ClN2O3/c13-9-3-1-6(16)5-8(9)7-2-4-10(14)15-11(7)12(17)18/h1-5,16H,(H2,14,15)(H,17,18). The van der Waals surface area contributed by atoms with Crippen molar-refractivity contribution in [2.75, 3.05) is 5.73 Å². The van der Waals surface area contributed by atoms with Crippen molar-refractivity contribution < 1.29 is 15.0 Å². The smallest absolute Gasteiger partial charge is 0.355 e. The van der Waals surface area contributed by atoms with E-state index in [1.54, 1.807) is 0 Å². The molecule has 92 valence electrons. The number of hydrogen-bond donors (Lipinski definition) is 3. The number of aromatic nitrogens is 1. The summed E-state index contributed by atoms with van der Waals surface area (Å²) in [6.45, 7) is 0. The van der Waals surface area contributed by atoms with Gasteiger partial charge in [-0.05, 0) is 30.3 Å². The molecule has 0 radical (unpaired) electrons. The number of benzene rings is 1. The fourth-order valence-electron chi connectivity index (χ4n) is 1.57. The number of carbonyl (C=O) groups is 1. The first-order chi connectivity index (χ1) is 8.49. The molecule has 2 aromatic rings. The number of phenols is 1. The molecule has 1 aromatic carbocycles. The van der Waals surface area contributed by atoms with Crippen LogP contribution < -0.4 is 5.73 Å². The Morgan fingerprint density at radius 1 is 1.22 bits per heavy atom.